The molecule has 2 N–H and O–H groups in total. The molecule has 0 bridgehead atoms. The number of carbonyl (C=O) groups is 1. The minimum absolute atomic E-state index is 0.221. The monoisotopic (exact) mass is 403 g/mol. The molecule has 1 amide bonds. The van der Waals surface area contributed by atoms with Gasteiger partial charge >= 0.3 is 0 Å². The van der Waals surface area contributed by atoms with Crippen molar-refractivity contribution in [3.8, 4) is 0 Å². The molecule has 1 heterocycles. The number of thioether (sulfide) groups is 1. The van der Waals surface area contributed by atoms with E-state index >= 15 is 0 Å². The van der Waals surface area contributed by atoms with Crippen molar-refractivity contribution in [2.24, 2.45) is 4.99 Å². The Hall–Kier alpha value is -1.89. The molecular formula is C21H33N5OS. The molecular weight excluding hydrogens is 370 g/mol. The summed E-state index contributed by atoms with van der Waals surface area (Å²) in [4.78, 5) is 21.2. The van der Waals surface area contributed by atoms with Crippen molar-refractivity contribution in [2.45, 2.75) is 37.0 Å². The van der Waals surface area contributed by atoms with Gasteiger partial charge in [-0.05, 0) is 37.7 Å². The second-order valence-electron chi connectivity index (χ2n) is 7.46. The van der Waals surface area contributed by atoms with E-state index in [1.54, 1.807) is 7.05 Å². The molecule has 7 heteroatoms. The van der Waals surface area contributed by atoms with E-state index in [9.17, 15) is 4.79 Å². The largest absolute Gasteiger partial charge is 0.368 e. The number of nitrogens with one attached hydrogen (secondary N) is 2. The number of hydrogen-bond acceptors (Lipinski definition) is 4. The average molecular weight is 404 g/mol. The number of amides is 1. The van der Waals surface area contributed by atoms with Crippen molar-refractivity contribution in [1.29, 1.82) is 0 Å². The Morgan fingerprint density at radius 1 is 1.18 bits per heavy atom. The molecule has 0 radical (unpaired) electrons. The third-order valence-electron chi connectivity index (χ3n) is 5.67. The molecule has 1 aliphatic heterocycles. The predicted octanol–water partition coefficient (Wildman–Crippen LogP) is 2.17. The molecule has 1 aromatic carbocycles. The van der Waals surface area contributed by atoms with Crippen LogP contribution in [0.5, 0.6) is 0 Å². The van der Waals surface area contributed by atoms with Crippen molar-refractivity contribution >= 4 is 29.3 Å². The van der Waals surface area contributed by atoms with Gasteiger partial charge in [0.05, 0.1) is 0 Å². The van der Waals surface area contributed by atoms with Gasteiger partial charge in [0.25, 0.3) is 0 Å². The van der Waals surface area contributed by atoms with Gasteiger partial charge in [0.1, 0.15) is 0 Å². The first-order chi connectivity index (χ1) is 13.7. The summed E-state index contributed by atoms with van der Waals surface area (Å²) in [7, 11) is 1.79. The summed E-state index contributed by atoms with van der Waals surface area (Å²) >= 11 is 1.95. The van der Waals surface area contributed by atoms with Gasteiger partial charge < -0.3 is 20.4 Å². The Kier molecular flexibility index (Phi) is 7.89. The zero-order valence-electron chi connectivity index (χ0n) is 17.1. The molecule has 3 rings (SSSR count). The summed E-state index contributed by atoms with van der Waals surface area (Å²) in [6.07, 6.45) is 6.34. The van der Waals surface area contributed by atoms with Gasteiger partial charge in [-0.3, -0.25) is 9.79 Å². The Labute approximate surface area is 173 Å². The van der Waals surface area contributed by atoms with Gasteiger partial charge in [-0.25, -0.2) is 0 Å². The van der Waals surface area contributed by atoms with Crippen molar-refractivity contribution in [3.05, 3.63) is 30.3 Å². The van der Waals surface area contributed by atoms with Crippen molar-refractivity contribution in [1.82, 2.24) is 15.5 Å². The van der Waals surface area contributed by atoms with E-state index < -0.39 is 0 Å². The van der Waals surface area contributed by atoms with E-state index in [-0.39, 0.29) is 5.91 Å². The molecule has 1 aromatic rings. The summed E-state index contributed by atoms with van der Waals surface area (Å²) in [5.41, 5.74) is 1.24. The number of nitrogens with zero attached hydrogens (tertiary/aromatic N) is 3. The molecule has 154 valence electrons. The van der Waals surface area contributed by atoms with Gasteiger partial charge in [0.15, 0.2) is 5.96 Å². The van der Waals surface area contributed by atoms with Gasteiger partial charge in [0.2, 0.25) is 5.91 Å². The van der Waals surface area contributed by atoms with Crippen LogP contribution in [0, 0.1) is 0 Å². The molecule has 1 saturated carbocycles. The molecule has 6 nitrogen and oxygen atoms in total. The third kappa shape index (κ3) is 5.80. The number of carbonyl (C=O) groups excluding carboxylic acids is 1. The number of anilines is 1. The van der Waals surface area contributed by atoms with Crippen molar-refractivity contribution < 1.29 is 4.79 Å². The van der Waals surface area contributed by atoms with E-state index in [2.05, 4.69) is 51.0 Å². The maximum absolute atomic E-state index is 12.5. The molecule has 2 unspecified atom stereocenters. The number of piperazine rings is 1. The van der Waals surface area contributed by atoms with Crippen LogP contribution in [0.1, 0.15) is 25.7 Å². The molecule has 1 aliphatic carbocycles. The lowest BCUT2D eigenvalue weighted by molar-refractivity contribution is -0.131. The molecule has 2 fully saturated rings. The van der Waals surface area contributed by atoms with Gasteiger partial charge in [0, 0.05) is 63.2 Å². The van der Waals surface area contributed by atoms with Crippen LogP contribution in [0.2, 0.25) is 0 Å². The lowest BCUT2D eigenvalue weighted by Crippen LogP contribution is -2.49. The van der Waals surface area contributed by atoms with Crippen LogP contribution in [0.3, 0.4) is 0 Å². The minimum atomic E-state index is 0.221. The minimum Gasteiger partial charge on any atom is -0.368 e. The first kappa shape index (κ1) is 20.8. The van der Waals surface area contributed by atoms with Crippen molar-refractivity contribution in [2.75, 3.05) is 50.9 Å². The second kappa shape index (κ2) is 10.6. The number of aliphatic imine (C=N–C) groups is 1. The van der Waals surface area contributed by atoms with Crippen LogP contribution in [0.15, 0.2) is 35.3 Å². The topological polar surface area (TPSA) is 60.0 Å². The number of hydrogen-bond donors (Lipinski definition) is 2. The SMILES string of the molecule is CN=C(NCCC(=O)N1CCN(c2ccccc2)CC1)NC1CCC(SC)C1. The highest BCUT2D eigenvalue weighted by molar-refractivity contribution is 7.99. The molecule has 0 spiro atoms. The van der Waals surface area contributed by atoms with E-state index in [0.29, 0.717) is 19.0 Å². The molecule has 2 aliphatic rings. The van der Waals surface area contributed by atoms with E-state index in [1.165, 1.54) is 24.9 Å². The molecule has 0 aromatic heterocycles. The normalized spacial score (nSPS) is 23.0. The van der Waals surface area contributed by atoms with Crippen LogP contribution in [-0.2, 0) is 4.79 Å². The number of guanidine groups is 1. The highest BCUT2D eigenvalue weighted by Gasteiger charge is 2.25. The maximum Gasteiger partial charge on any atom is 0.224 e. The van der Waals surface area contributed by atoms with Gasteiger partial charge in [-0.2, -0.15) is 11.8 Å². The molecule has 28 heavy (non-hydrogen) atoms. The predicted molar refractivity (Wildman–Crippen MR) is 119 cm³/mol. The van der Waals surface area contributed by atoms with E-state index in [4.69, 9.17) is 0 Å². The Morgan fingerprint density at radius 2 is 1.93 bits per heavy atom. The summed E-state index contributed by atoms with van der Waals surface area (Å²) in [5.74, 6) is 1.03. The second-order valence-corrected chi connectivity index (χ2v) is 8.60. The van der Waals surface area contributed by atoms with Crippen LogP contribution in [0.25, 0.3) is 0 Å². The lowest BCUT2D eigenvalue weighted by atomic mass is 10.2. The number of rotatable bonds is 6. The Morgan fingerprint density at radius 3 is 2.57 bits per heavy atom. The highest BCUT2D eigenvalue weighted by Crippen LogP contribution is 2.28. The third-order valence-corrected chi connectivity index (χ3v) is 6.76. The fraction of sp³-hybridized carbons (Fsp3) is 0.619. The van der Waals surface area contributed by atoms with Crippen LogP contribution in [-0.4, -0.2) is 74.1 Å². The molecule has 1 saturated heterocycles. The fourth-order valence-corrected chi connectivity index (χ4v) is 4.77. The number of benzene rings is 1. The standard InChI is InChI=1S/C21H33N5OS/c1-22-21(24-17-8-9-19(16-17)28-2)23-11-10-20(27)26-14-12-25(13-15-26)18-6-4-3-5-7-18/h3-7,17,19H,8-16H2,1-2H3,(H2,22,23,24). The Balaban J connectivity index is 1.35. The van der Waals surface area contributed by atoms with Crippen molar-refractivity contribution in [3.63, 3.8) is 0 Å². The zero-order valence-corrected chi connectivity index (χ0v) is 17.9. The fourth-order valence-electron chi connectivity index (χ4n) is 3.97. The quantitative estimate of drug-likeness (QED) is 0.563. The average Bonchev–Trinajstić information content (AvgIpc) is 3.21. The summed E-state index contributed by atoms with van der Waals surface area (Å²) in [5, 5.41) is 7.57. The highest BCUT2D eigenvalue weighted by atomic mass is 32.2. The van der Waals surface area contributed by atoms with Gasteiger partial charge in [-0.1, -0.05) is 18.2 Å². The number of para-hydroxylation sites is 1. The summed E-state index contributed by atoms with van der Waals surface area (Å²) in [6, 6.07) is 10.9. The van der Waals surface area contributed by atoms with Crippen LogP contribution >= 0.6 is 11.8 Å². The zero-order chi connectivity index (χ0) is 19.8. The first-order valence-electron chi connectivity index (χ1n) is 10.3. The van der Waals surface area contributed by atoms with Crippen LogP contribution < -0.4 is 15.5 Å². The van der Waals surface area contributed by atoms with Crippen LogP contribution in [0.4, 0.5) is 5.69 Å². The molecule has 2 atom stereocenters. The smallest absolute Gasteiger partial charge is 0.224 e. The summed E-state index contributed by atoms with van der Waals surface area (Å²) < 4.78 is 0. The maximum atomic E-state index is 12.5. The summed E-state index contributed by atoms with van der Waals surface area (Å²) in [6.45, 7) is 3.99. The Bertz CT molecular complexity index is 645. The van der Waals surface area contributed by atoms with E-state index in [0.717, 1.165) is 37.4 Å². The van der Waals surface area contributed by atoms with E-state index in [1.807, 2.05) is 22.7 Å². The lowest BCUT2D eigenvalue weighted by Gasteiger charge is -2.36. The van der Waals surface area contributed by atoms with Gasteiger partial charge in [-0.15, -0.1) is 0 Å². The first-order valence-corrected chi connectivity index (χ1v) is 11.6.